The van der Waals surface area contributed by atoms with Crippen LogP contribution in [0.3, 0.4) is 0 Å². The Bertz CT molecular complexity index is 607. The standard InChI is InChI=1S/C17H24F4N4.HI/c1-3-22-16(23-9-13-4-5-15(18)12(2)8-13)24-14-6-7-25(10-14)11-17(19,20)21;/h4-5,8,14H,3,6-7,9-11H2,1-2H3,(H2,22,23,24);1H. The molecule has 0 radical (unpaired) electrons. The molecule has 1 heterocycles. The van der Waals surface area contributed by atoms with Crippen molar-refractivity contribution < 1.29 is 17.6 Å². The molecule has 0 bridgehead atoms. The fourth-order valence-corrected chi connectivity index (χ4v) is 2.84. The van der Waals surface area contributed by atoms with E-state index in [0.29, 0.717) is 44.1 Å². The van der Waals surface area contributed by atoms with Gasteiger partial charge in [0.2, 0.25) is 0 Å². The number of hydrogen-bond donors (Lipinski definition) is 2. The van der Waals surface area contributed by atoms with Gasteiger partial charge in [0.25, 0.3) is 0 Å². The maximum Gasteiger partial charge on any atom is 0.401 e. The Hall–Kier alpha value is -1.10. The molecule has 1 atom stereocenters. The van der Waals surface area contributed by atoms with E-state index in [-0.39, 0.29) is 35.8 Å². The van der Waals surface area contributed by atoms with Crippen LogP contribution in [-0.4, -0.2) is 49.3 Å². The van der Waals surface area contributed by atoms with Gasteiger partial charge in [0, 0.05) is 25.7 Å². The molecule has 0 amide bonds. The number of aryl methyl sites for hydroxylation is 1. The van der Waals surface area contributed by atoms with Crippen LogP contribution in [0.5, 0.6) is 0 Å². The predicted octanol–water partition coefficient (Wildman–Crippen LogP) is 3.44. The lowest BCUT2D eigenvalue weighted by Gasteiger charge is -2.19. The highest BCUT2D eigenvalue weighted by molar-refractivity contribution is 14.0. The molecule has 2 rings (SSSR count). The highest BCUT2D eigenvalue weighted by Gasteiger charge is 2.34. The third kappa shape index (κ3) is 7.65. The molecule has 148 valence electrons. The van der Waals surface area contributed by atoms with Gasteiger partial charge in [-0.05, 0) is 37.5 Å². The first-order valence-corrected chi connectivity index (χ1v) is 8.36. The number of aliphatic imine (C=N–C) groups is 1. The van der Waals surface area contributed by atoms with Gasteiger partial charge in [0.15, 0.2) is 5.96 Å². The van der Waals surface area contributed by atoms with Gasteiger partial charge >= 0.3 is 6.18 Å². The zero-order valence-corrected chi connectivity index (χ0v) is 17.2. The van der Waals surface area contributed by atoms with E-state index in [4.69, 9.17) is 0 Å². The van der Waals surface area contributed by atoms with Crippen molar-refractivity contribution in [3.8, 4) is 0 Å². The molecule has 1 aromatic carbocycles. The number of hydrogen-bond acceptors (Lipinski definition) is 2. The lowest BCUT2D eigenvalue weighted by molar-refractivity contribution is -0.143. The van der Waals surface area contributed by atoms with Crippen LogP contribution < -0.4 is 10.6 Å². The highest BCUT2D eigenvalue weighted by Crippen LogP contribution is 2.20. The summed E-state index contributed by atoms with van der Waals surface area (Å²) in [6, 6.07) is 4.75. The monoisotopic (exact) mass is 488 g/mol. The van der Waals surface area contributed by atoms with E-state index in [1.807, 2.05) is 6.92 Å². The normalized spacial score (nSPS) is 18.5. The van der Waals surface area contributed by atoms with Crippen LogP contribution in [0, 0.1) is 12.7 Å². The highest BCUT2D eigenvalue weighted by atomic mass is 127. The lowest BCUT2D eigenvalue weighted by atomic mass is 10.1. The Kier molecular flexibility index (Phi) is 9.08. The van der Waals surface area contributed by atoms with Gasteiger partial charge in [-0.3, -0.25) is 4.90 Å². The van der Waals surface area contributed by atoms with Crippen molar-refractivity contribution in [2.24, 2.45) is 4.99 Å². The van der Waals surface area contributed by atoms with E-state index in [1.165, 1.54) is 11.0 Å². The van der Waals surface area contributed by atoms with Crippen molar-refractivity contribution in [1.82, 2.24) is 15.5 Å². The second-order valence-electron chi connectivity index (χ2n) is 6.26. The van der Waals surface area contributed by atoms with Crippen molar-refractivity contribution in [1.29, 1.82) is 0 Å². The fraction of sp³-hybridized carbons (Fsp3) is 0.588. The molecule has 1 aliphatic heterocycles. The summed E-state index contributed by atoms with van der Waals surface area (Å²) >= 11 is 0. The lowest BCUT2D eigenvalue weighted by Crippen LogP contribution is -2.45. The molecular formula is C17H25F4IN4. The van der Waals surface area contributed by atoms with Gasteiger partial charge in [0.05, 0.1) is 13.1 Å². The summed E-state index contributed by atoms with van der Waals surface area (Å²) < 4.78 is 50.7. The van der Waals surface area contributed by atoms with Crippen LogP contribution in [0.15, 0.2) is 23.2 Å². The van der Waals surface area contributed by atoms with Gasteiger partial charge in [0.1, 0.15) is 5.82 Å². The predicted molar refractivity (Wildman–Crippen MR) is 105 cm³/mol. The zero-order chi connectivity index (χ0) is 18.4. The Labute approximate surface area is 168 Å². The molecule has 0 aliphatic carbocycles. The van der Waals surface area contributed by atoms with Gasteiger partial charge in [-0.15, -0.1) is 24.0 Å². The van der Waals surface area contributed by atoms with Crippen LogP contribution in [-0.2, 0) is 6.54 Å². The Morgan fingerprint density at radius 2 is 2.08 bits per heavy atom. The first-order valence-electron chi connectivity index (χ1n) is 8.36. The average Bonchev–Trinajstić information content (AvgIpc) is 2.93. The molecule has 0 aromatic heterocycles. The molecule has 26 heavy (non-hydrogen) atoms. The summed E-state index contributed by atoms with van der Waals surface area (Å²) in [6.45, 7) is 4.49. The van der Waals surface area contributed by atoms with Crippen LogP contribution in [0.4, 0.5) is 17.6 Å². The molecule has 1 aromatic rings. The number of alkyl halides is 3. The third-order valence-corrected chi connectivity index (χ3v) is 4.00. The number of guanidine groups is 1. The summed E-state index contributed by atoms with van der Waals surface area (Å²) in [4.78, 5) is 5.84. The quantitative estimate of drug-likeness (QED) is 0.289. The minimum atomic E-state index is -4.17. The molecule has 4 nitrogen and oxygen atoms in total. The van der Waals surface area contributed by atoms with Gasteiger partial charge in [-0.25, -0.2) is 9.38 Å². The van der Waals surface area contributed by atoms with Crippen molar-refractivity contribution in [3.05, 3.63) is 35.1 Å². The van der Waals surface area contributed by atoms with Crippen LogP contribution in [0.2, 0.25) is 0 Å². The van der Waals surface area contributed by atoms with Crippen LogP contribution in [0.1, 0.15) is 24.5 Å². The first kappa shape index (κ1) is 22.9. The Balaban J connectivity index is 0.00000338. The van der Waals surface area contributed by atoms with Crippen LogP contribution >= 0.6 is 24.0 Å². The second kappa shape index (κ2) is 10.3. The third-order valence-electron chi connectivity index (χ3n) is 4.00. The molecule has 1 aliphatic rings. The molecule has 1 saturated heterocycles. The Morgan fingerprint density at radius 1 is 1.35 bits per heavy atom. The minimum absolute atomic E-state index is 0. The topological polar surface area (TPSA) is 39.7 Å². The maximum atomic E-state index is 13.3. The average molecular weight is 488 g/mol. The van der Waals surface area contributed by atoms with E-state index in [0.717, 1.165) is 5.56 Å². The number of rotatable bonds is 5. The van der Waals surface area contributed by atoms with Crippen molar-refractivity contribution >= 4 is 29.9 Å². The number of nitrogens with one attached hydrogen (secondary N) is 2. The summed E-state index contributed by atoms with van der Waals surface area (Å²) in [6.07, 6.45) is -3.54. The van der Waals surface area contributed by atoms with Crippen LogP contribution in [0.25, 0.3) is 0 Å². The number of nitrogens with zero attached hydrogens (tertiary/aromatic N) is 2. The zero-order valence-electron chi connectivity index (χ0n) is 14.9. The molecule has 1 unspecified atom stereocenters. The number of benzene rings is 1. The van der Waals surface area contributed by atoms with E-state index in [2.05, 4.69) is 15.6 Å². The van der Waals surface area contributed by atoms with Gasteiger partial charge in [-0.1, -0.05) is 12.1 Å². The maximum absolute atomic E-state index is 13.3. The Morgan fingerprint density at radius 3 is 2.69 bits per heavy atom. The van der Waals surface area contributed by atoms with Gasteiger partial charge < -0.3 is 10.6 Å². The smallest absolute Gasteiger partial charge is 0.357 e. The SMILES string of the molecule is CCNC(=NCc1ccc(F)c(C)c1)NC1CCN(CC(F)(F)F)C1.I. The summed E-state index contributed by atoms with van der Waals surface area (Å²) in [5, 5.41) is 6.28. The van der Waals surface area contributed by atoms with Crippen molar-refractivity contribution in [2.45, 2.75) is 39.0 Å². The first-order chi connectivity index (χ1) is 11.8. The molecule has 9 heteroatoms. The minimum Gasteiger partial charge on any atom is -0.357 e. The second-order valence-corrected chi connectivity index (χ2v) is 6.26. The molecule has 0 saturated carbocycles. The fourth-order valence-electron chi connectivity index (χ4n) is 2.84. The molecule has 0 spiro atoms. The molecule has 1 fully saturated rings. The van der Waals surface area contributed by atoms with E-state index >= 15 is 0 Å². The van der Waals surface area contributed by atoms with Crippen molar-refractivity contribution in [3.63, 3.8) is 0 Å². The number of likely N-dealkylation sites (tertiary alicyclic amines) is 1. The molecule has 2 N–H and O–H groups in total. The van der Waals surface area contributed by atoms with E-state index in [9.17, 15) is 17.6 Å². The summed E-state index contributed by atoms with van der Waals surface area (Å²) in [7, 11) is 0. The summed E-state index contributed by atoms with van der Waals surface area (Å²) in [5.41, 5.74) is 1.44. The van der Waals surface area contributed by atoms with E-state index < -0.39 is 12.7 Å². The van der Waals surface area contributed by atoms with Gasteiger partial charge in [-0.2, -0.15) is 13.2 Å². The van der Waals surface area contributed by atoms with E-state index in [1.54, 1.807) is 19.1 Å². The number of halogens is 5. The molecular weight excluding hydrogens is 463 g/mol. The summed E-state index contributed by atoms with van der Waals surface area (Å²) in [5.74, 6) is 0.303. The largest absolute Gasteiger partial charge is 0.401 e. The van der Waals surface area contributed by atoms with Crippen molar-refractivity contribution in [2.75, 3.05) is 26.2 Å².